The van der Waals surface area contributed by atoms with E-state index in [0.29, 0.717) is 17.6 Å². The maximum absolute atomic E-state index is 12.0. The van der Waals surface area contributed by atoms with Gasteiger partial charge in [0.15, 0.2) is 0 Å². The molecule has 1 N–H and O–H groups in total. The van der Waals surface area contributed by atoms with Crippen LogP contribution in [-0.2, 0) is 11.3 Å². The lowest BCUT2D eigenvalue weighted by atomic mass is 10.1. The number of anilines is 1. The lowest BCUT2D eigenvalue weighted by molar-refractivity contribution is 0.181. The number of nitrogens with one attached hydrogen (secondary N) is 1. The van der Waals surface area contributed by atoms with Crippen molar-refractivity contribution in [1.82, 2.24) is 9.78 Å². The number of ether oxygens (including phenoxy) is 1. The molecule has 0 bridgehead atoms. The minimum absolute atomic E-state index is 0.130. The van der Waals surface area contributed by atoms with Crippen LogP contribution in [0.2, 0.25) is 0 Å². The third kappa shape index (κ3) is 5.63. The van der Waals surface area contributed by atoms with Gasteiger partial charge in [0.2, 0.25) is 0 Å². The second-order valence-corrected chi connectivity index (χ2v) is 6.00. The molecule has 20 heavy (non-hydrogen) atoms. The van der Waals surface area contributed by atoms with Gasteiger partial charge in [-0.05, 0) is 28.3 Å². The fourth-order valence-electron chi connectivity index (χ4n) is 1.83. The summed E-state index contributed by atoms with van der Waals surface area (Å²) >= 11 is 3.34. The van der Waals surface area contributed by atoms with Gasteiger partial charge in [-0.1, -0.05) is 26.7 Å². The molecule has 0 unspecified atom stereocenters. The Morgan fingerprint density at radius 3 is 2.85 bits per heavy atom. The van der Waals surface area contributed by atoms with Crippen LogP contribution in [0.5, 0.6) is 0 Å². The van der Waals surface area contributed by atoms with Crippen molar-refractivity contribution in [2.75, 3.05) is 25.6 Å². The molecule has 114 valence electrons. The molecule has 0 amide bonds. The van der Waals surface area contributed by atoms with E-state index < -0.39 is 0 Å². The molecule has 0 spiro atoms. The molecule has 0 atom stereocenters. The van der Waals surface area contributed by atoms with Gasteiger partial charge in [-0.15, -0.1) is 0 Å². The van der Waals surface area contributed by atoms with E-state index in [4.69, 9.17) is 4.74 Å². The number of hydrogen-bond donors (Lipinski definition) is 1. The second kappa shape index (κ2) is 9.13. The molecule has 0 aliphatic heterocycles. The van der Waals surface area contributed by atoms with Gasteiger partial charge >= 0.3 is 0 Å². The Hall–Kier alpha value is -0.880. The van der Waals surface area contributed by atoms with E-state index in [-0.39, 0.29) is 5.56 Å². The summed E-state index contributed by atoms with van der Waals surface area (Å²) in [6.07, 6.45) is 5.21. The first kappa shape index (κ1) is 17.2. The van der Waals surface area contributed by atoms with Gasteiger partial charge in [-0.2, -0.15) is 5.10 Å². The molecule has 0 saturated heterocycles. The van der Waals surface area contributed by atoms with Crippen molar-refractivity contribution in [1.29, 1.82) is 0 Å². The van der Waals surface area contributed by atoms with Crippen LogP contribution in [0.15, 0.2) is 15.5 Å². The molecule has 5 nitrogen and oxygen atoms in total. The molecule has 1 aromatic heterocycles. The van der Waals surface area contributed by atoms with E-state index in [1.54, 1.807) is 13.3 Å². The molecule has 6 heteroatoms. The maximum Gasteiger partial charge on any atom is 0.283 e. The Kier molecular flexibility index (Phi) is 7.84. The minimum atomic E-state index is -0.130. The van der Waals surface area contributed by atoms with E-state index >= 15 is 0 Å². The summed E-state index contributed by atoms with van der Waals surface area (Å²) in [7, 11) is 1.60. The van der Waals surface area contributed by atoms with Crippen molar-refractivity contribution >= 4 is 21.6 Å². The van der Waals surface area contributed by atoms with Crippen molar-refractivity contribution < 1.29 is 4.74 Å². The Bertz CT molecular complexity index is 460. The van der Waals surface area contributed by atoms with Gasteiger partial charge in [-0.25, -0.2) is 4.68 Å². The lowest BCUT2D eigenvalue weighted by Crippen LogP contribution is -2.26. The Morgan fingerprint density at radius 1 is 1.45 bits per heavy atom. The zero-order valence-electron chi connectivity index (χ0n) is 12.5. The van der Waals surface area contributed by atoms with Gasteiger partial charge in [0.25, 0.3) is 5.56 Å². The Labute approximate surface area is 128 Å². The average Bonchev–Trinajstić information content (AvgIpc) is 2.41. The predicted octanol–water partition coefficient (Wildman–Crippen LogP) is 2.89. The van der Waals surface area contributed by atoms with Crippen molar-refractivity contribution in [2.45, 2.75) is 39.7 Å². The van der Waals surface area contributed by atoms with Crippen molar-refractivity contribution in [3.05, 3.63) is 21.0 Å². The summed E-state index contributed by atoms with van der Waals surface area (Å²) < 4.78 is 6.89. The molecular weight excluding hydrogens is 322 g/mol. The highest BCUT2D eigenvalue weighted by Gasteiger charge is 2.08. The minimum Gasteiger partial charge on any atom is -0.383 e. The van der Waals surface area contributed by atoms with Crippen LogP contribution < -0.4 is 10.9 Å². The Balaban J connectivity index is 2.51. The first-order chi connectivity index (χ1) is 9.56. The number of hydrogen-bond acceptors (Lipinski definition) is 4. The molecule has 0 saturated carbocycles. The fourth-order valence-corrected chi connectivity index (χ4v) is 2.27. The molecular formula is C14H24BrN3O2. The van der Waals surface area contributed by atoms with Crippen LogP contribution in [0.25, 0.3) is 0 Å². The highest BCUT2D eigenvalue weighted by Crippen LogP contribution is 2.16. The summed E-state index contributed by atoms with van der Waals surface area (Å²) in [5.74, 6) is 0.744. The highest BCUT2D eigenvalue weighted by atomic mass is 79.9. The molecule has 1 aromatic rings. The number of halogens is 1. The first-order valence-corrected chi connectivity index (χ1v) is 7.84. The lowest BCUT2D eigenvalue weighted by Gasteiger charge is -2.10. The highest BCUT2D eigenvalue weighted by molar-refractivity contribution is 9.10. The zero-order valence-corrected chi connectivity index (χ0v) is 14.1. The van der Waals surface area contributed by atoms with E-state index in [1.807, 2.05) is 0 Å². The third-order valence-electron chi connectivity index (χ3n) is 3.02. The average molecular weight is 346 g/mol. The van der Waals surface area contributed by atoms with Crippen LogP contribution in [0.1, 0.15) is 33.1 Å². The van der Waals surface area contributed by atoms with Crippen molar-refractivity contribution in [2.24, 2.45) is 5.92 Å². The van der Waals surface area contributed by atoms with Gasteiger partial charge < -0.3 is 10.1 Å². The quantitative estimate of drug-likeness (QED) is 0.699. The summed E-state index contributed by atoms with van der Waals surface area (Å²) in [6, 6.07) is 0. The predicted molar refractivity (Wildman–Crippen MR) is 85.3 cm³/mol. The van der Waals surface area contributed by atoms with Crippen molar-refractivity contribution in [3.8, 4) is 0 Å². The number of unbranched alkanes of at least 4 members (excludes halogenated alkanes) is 1. The van der Waals surface area contributed by atoms with Crippen LogP contribution >= 0.6 is 15.9 Å². The van der Waals surface area contributed by atoms with Crippen LogP contribution in [0, 0.1) is 5.92 Å². The molecule has 0 radical (unpaired) electrons. The van der Waals surface area contributed by atoms with E-state index in [2.05, 4.69) is 40.2 Å². The summed E-state index contributed by atoms with van der Waals surface area (Å²) in [4.78, 5) is 12.0. The molecule has 0 aliphatic rings. The number of rotatable bonds is 9. The summed E-state index contributed by atoms with van der Waals surface area (Å²) in [5, 5.41) is 7.39. The van der Waals surface area contributed by atoms with Crippen molar-refractivity contribution in [3.63, 3.8) is 0 Å². The van der Waals surface area contributed by atoms with Gasteiger partial charge in [0, 0.05) is 13.7 Å². The smallest absolute Gasteiger partial charge is 0.283 e. The zero-order chi connectivity index (χ0) is 15.0. The molecule has 0 fully saturated rings. The number of aromatic nitrogens is 2. The first-order valence-electron chi connectivity index (χ1n) is 7.04. The molecule has 0 aliphatic carbocycles. The van der Waals surface area contributed by atoms with Crippen LogP contribution in [0.4, 0.5) is 5.69 Å². The van der Waals surface area contributed by atoms with E-state index in [9.17, 15) is 4.79 Å². The van der Waals surface area contributed by atoms with Gasteiger partial charge in [0.1, 0.15) is 4.47 Å². The van der Waals surface area contributed by atoms with Gasteiger partial charge in [-0.3, -0.25) is 4.79 Å². The molecule has 0 aromatic carbocycles. The van der Waals surface area contributed by atoms with Gasteiger partial charge in [0.05, 0.1) is 25.0 Å². The largest absolute Gasteiger partial charge is 0.383 e. The maximum atomic E-state index is 12.0. The fraction of sp³-hybridized carbons (Fsp3) is 0.714. The van der Waals surface area contributed by atoms with Crippen LogP contribution in [0.3, 0.4) is 0 Å². The monoisotopic (exact) mass is 345 g/mol. The standard InChI is InChI=1S/C14H24BrN3O2/c1-11(2)6-4-5-7-16-12-10-17-18(8-9-20-3)14(19)13(12)15/h10-11,16H,4-9H2,1-3H3. The second-order valence-electron chi connectivity index (χ2n) is 5.21. The topological polar surface area (TPSA) is 56.1 Å². The number of nitrogens with zero attached hydrogens (tertiary/aromatic N) is 2. The molecule has 1 rings (SSSR count). The molecule has 1 heterocycles. The van der Waals surface area contributed by atoms with Crippen LogP contribution in [-0.4, -0.2) is 30.0 Å². The normalized spacial score (nSPS) is 11.1. The van der Waals surface area contributed by atoms with E-state index in [1.165, 1.54) is 17.5 Å². The number of methoxy groups -OCH3 is 1. The third-order valence-corrected chi connectivity index (χ3v) is 3.78. The summed E-state index contributed by atoms with van der Waals surface area (Å²) in [5.41, 5.74) is 0.627. The summed E-state index contributed by atoms with van der Waals surface area (Å²) in [6.45, 7) is 6.25. The SMILES string of the molecule is COCCn1ncc(NCCCCC(C)C)c(Br)c1=O. The Morgan fingerprint density at radius 2 is 2.20 bits per heavy atom. The van der Waals surface area contributed by atoms with E-state index in [0.717, 1.165) is 24.6 Å².